The fourth-order valence-corrected chi connectivity index (χ4v) is 2.36. The minimum Gasteiger partial charge on any atom is -0.863 e. The molecule has 1 N–H and O–H groups in total. The molecular formula is C16H11F3N6O7. The first kappa shape index (κ1) is 23.6. The van der Waals surface area contributed by atoms with E-state index in [0.717, 1.165) is 4.68 Å². The molecule has 0 spiro atoms. The molecule has 0 atom stereocenters. The van der Waals surface area contributed by atoms with E-state index in [1.165, 1.54) is 7.05 Å². The van der Waals surface area contributed by atoms with Crippen LogP contribution in [0.1, 0.15) is 5.82 Å². The van der Waals surface area contributed by atoms with Gasteiger partial charge in [-0.1, -0.05) is 18.2 Å². The van der Waals surface area contributed by atoms with Gasteiger partial charge in [-0.15, -0.1) is 0 Å². The Morgan fingerprint density at radius 3 is 1.81 bits per heavy atom. The molecule has 1 aromatic heterocycles. The number of aryl methyl sites for hydroxylation is 1. The van der Waals surface area contributed by atoms with Crippen LogP contribution < -0.4 is 9.79 Å². The largest absolute Gasteiger partial charge is 0.863 e. The number of nitrogens with one attached hydrogen (secondary N) is 1. The van der Waals surface area contributed by atoms with E-state index in [0.29, 0.717) is 17.7 Å². The Bertz CT molecular complexity index is 1150. The predicted molar refractivity (Wildman–Crippen MR) is 96.1 cm³/mol. The van der Waals surface area contributed by atoms with Crippen molar-refractivity contribution in [3.05, 3.63) is 78.6 Å². The monoisotopic (exact) mass is 456 g/mol. The van der Waals surface area contributed by atoms with Crippen molar-refractivity contribution in [1.29, 1.82) is 0 Å². The van der Waals surface area contributed by atoms with Crippen LogP contribution in [-0.2, 0) is 13.2 Å². The summed E-state index contributed by atoms with van der Waals surface area (Å²) in [5.41, 5.74) is -2.64. The molecule has 13 nitrogen and oxygen atoms in total. The number of nitro benzene ring substituents is 3. The number of H-pyrrole nitrogens is 1. The van der Waals surface area contributed by atoms with Gasteiger partial charge in [0.15, 0.2) is 0 Å². The lowest BCUT2D eigenvalue weighted by molar-refractivity contribution is -0.744. The Morgan fingerprint density at radius 1 is 0.938 bits per heavy atom. The lowest BCUT2D eigenvalue weighted by atomic mass is 10.2. The van der Waals surface area contributed by atoms with Gasteiger partial charge in [0.2, 0.25) is 0 Å². The molecule has 0 unspecified atom stereocenters. The number of aromatic nitrogens is 3. The van der Waals surface area contributed by atoms with E-state index < -0.39 is 49.6 Å². The second-order valence-electron chi connectivity index (χ2n) is 5.90. The van der Waals surface area contributed by atoms with Crippen LogP contribution in [0.25, 0.3) is 11.4 Å². The quantitative estimate of drug-likeness (QED) is 0.352. The van der Waals surface area contributed by atoms with E-state index in [1.807, 2.05) is 0 Å². The number of aromatic amines is 1. The van der Waals surface area contributed by atoms with Gasteiger partial charge >= 0.3 is 12.0 Å². The molecule has 0 aliphatic carbocycles. The Kier molecular flexibility index (Phi) is 6.67. The lowest BCUT2D eigenvalue weighted by Gasteiger charge is -2.06. The van der Waals surface area contributed by atoms with Crippen molar-refractivity contribution in [1.82, 2.24) is 10.1 Å². The molecule has 32 heavy (non-hydrogen) atoms. The number of alkyl halides is 3. The van der Waals surface area contributed by atoms with Crippen LogP contribution >= 0.6 is 0 Å². The smallest absolute Gasteiger partial charge is 0.501 e. The van der Waals surface area contributed by atoms with Gasteiger partial charge in [-0.3, -0.25) is 30.3 Å². The van der Waals surface area contributed by atoms with Crippen molar-refractivity contribution in [2.45, 2.75) is 6.18 Å². The molecule has 1 heterocycles. The zero-order valence-corrected chi connectivity index (χ0v) is 15.8. The maximum atomic E-state index is 12.5. The van der Waals surface area contributed by atoms with Crippen LogP contribution in [0.2, 0.25) is 0 Å². The summed E-state index contributed by atoms with van der Waals surface area (Å²) in [5.74, 6) is -2.19. The summed E-state index contributed by atoms with van der Waals surface area (Å²) < 4.78 is 38.3. The SMILES string of the molecule is C[n+]1[nH]c(-c2ccccc2)nc1C(F)(F)F.O=[N+]([O-])c1cc([N+](=O)[O-])c([O-])c([N+](=O)[O-])c1. The van der Waals surface area contributed by atoms with Crippen LogP contribution in [0.5, 0.6) is 5.75 Å². The third-order valence-electron chi connectivity index (χ3n) is 3.75. The maximum absolute atomic E-state index is 12.5. The molecule has 16 heteroatoms. The van der Waals surface area contributed by atoms with Gasteiger partial charge in [0.05, 0.1) is 32.7 Å². The number of nitrogens with zero attached hydrogens (tertiary/aromatic N) is 5. The van der Waals surface area contributed by atoms with Crippen LogP contribution in [0.15, 0.2) is 42.5 Å². The molecule has 0 aliphatic rings. The molecule has 0 bridgehead atoms. The van der Waals surface area contributed by atoms with Gasteiger partial charge < -0.3 is 5.11 Å². The van der Waals surface area contributed by atoms with Crippen LogP contribution in [0.4, 0.5) is 30.2 Å². The third kappa shape index (κ3) is 5.29. The average molecular weight is 456 g/mol. The zero-order valence-electron chi connectivity index (χ0n) is 15.8. The topological polar surface area (TPSA) is 185 Å². The van der Waals surface area contributed by atoms with E-state index >= 15 is 0 Å². The number of hydrogen-bond donors (Lipinski definition) is 1. The van der Waals surface area contributed by atoms with Gasteiger partial charge in [-0.25, -0.2) is 0 Å². The van der Waals surface area contributed by atoms with Crippen molar-refractivity contribution in [2.24, 2.45) is 7.05 Å². The number of nitro groups is 3. The minimum atomic E-state index is -4.45. The third-order valence-corrected chi connectivity index (χ3v) is 3.75. The van der Waals surface area contributed by atoms with Crippen LogP contribution in [0, 0.1) is 30.3 Å². The maximum Gasteiger partial charge on any atom is 0.501 e. The highest BCUT2D eigenvalue weighted by Gasteiger charge is 2.45. The van der Waals surface area contributed by atoms with Crippen molar-refractivity contribution in [3.63, 3.8) is 0 Å². The highest BCUT2D eigenvalue weighted by molar-refractivity contribution is 5.64. The van der Waals surface area contributed by atoms with E-state index in [2.05, 4.69) is 10.1 Å². The second-order valence-corrected chi connectivity index (χ2v) is 5.90. The first-order chi connectivity index (χ1) is 14.8. The van der Waals surface area contributed by atoms with Crippen LogP contribution in [0.3, 0.4) is 0 Å². The molecule has 0 saturated carbocycles. The number of halogens is 3. The number of non-ortho nitro benzene ring substituents is 1. The molecule has 3 rings (SSSR count). The summed E-state index contributed by atoms with van der Waals surface area (Å²) in [6, 6.07) is 9.43. The molecule has 0 saturated heterocycles. The van der Waals surface area contributed by atoms with E-state index in [-0.39, 0.29) is 5.82 Å². The number of benzene rings is 2. The van der Waals surface area contributed by atoms with Crippen LogP contribution in [-0.4, -0.2) is 24.9 Å². The van der Waals surface area contributed by atoms with Gasteiger partial charge in [-0.05, 0) is 17.1 Å². The lowest BCUT2D eigenvalue weighted by Crippen LogP contribution is -2.38. The van der Waals surface area contributed by atoms with E-state index in [1.54, 1.807) is 30.3 Å². The predicted octanol–water partition coefficient (Wildman–Crippen LogP) is 2.40. The first-order valence-electron chi connectivity index (χ1n) is 8.19. The van der Waals surface area contributed by atoms with E-state index in [4.69, 9.17) is 0 Å². The molecule has 2 aromatic carbocycles. The fraction of sp³-hybridized carbons (Fsp3) is 0.125. The van der Waals surface area contributed by atoms with Crippen molar-refractivity contribution in [3.8, 4) is 17.1 Å². The summed E-state index contributed by atoms with van der Waals surface area (Å²) in [6.45, 7) is 0. The highest BCUT2D eigenvalue weighted by Crippen LogP contribution is 2.36. The normalized spacial score (nSPS) is 10.8. The average Bonchev–Trinajstić information content (AvgIpc) is 3.11. The summed E-state index contributed by atoms with van der Waals surface area (Å²) in [6.07, 6.45) is -4.45. The molecule has 168 valence electrons. The van der Waals surface area contributed by atoms with E-state index in [9.17, 15) is 48.6 Å². The fourth-order valence-electron chi connectivity index (χ4n) is 2.36. The van der Waals surface area contributed by atoms with Crippen molar-refractivity contribution >= 4 is 17.1 Å². The Morgan fingerprint density at radius 2 is 1.44 bits per heavy atom. The van der Waals surface area contributed by atoms with Gasteiger partial charge in [0.25, 0.3) is 22.9 Å². The molecular weight excluding hydrogens is 445 g/mol. The standard InChI is InChI=1S/C10H8F3N3.C6H3N3O7/c1-16-9(10(11,12)13)14-8(15-16)7-5-3-2-4-6-7;10-6-4(8(13)14)1-3(7(11)12)2-5(6)9(15)16/h2-6H,1H3;1-2,10H. The molecule has 0 aliphatic heterocycles. The van der Waals surface area contributed by atoms with Gasteiger partial charge in [0, 0.05) is 5.56 Å². The summed E-state index contributed by atoms with van der Waals surface area (Å²) in [5, 5.41) is 44.7. The first-order valence-corrected chi connectivity index (χ1v) is 8.19. The van der Waals surface area contributed by atoms with Crippen molar-refractivity contribution < 1.29 is 37.7 Å². The van der Waals surface area contributed by atoms with Gasteiger partial charge in [0.1, 0.15) is 7.05 Å². The summed E-state index contributed by atoms with van der Waals surface area (Å²) >= 11 is 0. The Balaban J connectivity index is 0.000000227. The highest BCUT2D eigenvalue weighted by atomic mass is 19.4. The Hall–Kier alpha value is -4.63. The molecule has 3 aromatic rings. The summed E-state index contributed by atoms with van der Waals surface area (Å²) in [4.78, 5) is 31.0. The second kappa shape index (κ2) is 9.02. The minimum absolute atomic E-state index is 0.204. The zero-order chi connectivity index (χ0) is 24.2. The molecule has 0 amide bonds. The summed E-state index contributed by atoms with van der Waals surface area (Å²) in [7, 11) is 1.28. The van der Waals surface area contributed by atoms with Crippen molar-refractivity contribution in [2.75, 3.05) is 0 Å². The number of hydrogen-bond acceptors (Lipinski definition) is 8. The van der Waals surface area contributed by atoms with Gasteiger partial charge in [-0.2, -0.15) is 23.0 Å². The number of rotatable bonds is 4. The molecule has 0 fully saturated rings. The Labute approximate surface area is 174 Å². The molecule has 0 radical (unpaired) electrons.